The second-order valence-electron chi connectivity index (χ2n) is 7.32. The highest BCUT2D eigenvalue weighted by Gasteiger charge is 2.27. The average Bonchev–Trinajstić information content (AvgIpc) is 3.19. The van der Waals surface area contributed by atoms with Gasteiger partial charge in [-0.1, -0.05) is 18.7 Å². The van der Waals surface area contributed by atoms with Gasteiger partial charge < -0.3 is 14.8 Å². The first-order valence-corrected chi connectivity index (χ1v) is 12.0. The second kappa shape index (κ2) is 9.88. The first-order valence-electron chi connectivity index (χ1n) is 10.1. The minimum Gasteiger partial charge on any atom is -0.497 e. The number of nitrogens with zero attached hydrogens (tertiary/aromatic N) is 2. The topological polar surface area (TPSA) is 82.5 Å². The summed E-state index contributed by atoms with van der Waals surface area (Å²) in [6.07, 6.45) is 0.681. The van der Waals surface area contributed by atoms with Crippen molar-refractivity contribution in [3.63, 3.8) is 0 Å². The zero-order chi connectivity index (χ0) is 23.5. The van der Waals surface area contributed by atoms with Crippen LogP contribution < -0.4 is 20.3 Å². The number of carbonyl (C=O) groups excluding carboxylic acids is 1. The minimum absolute atomic E-state index is 0.00941. The van der Waals surface area contributed by atoms with E-state index < -0.39 is 5.82 Å². The number of carbonyl (C=O) groups is 1. The lowest BCUT2D eigenvalue weighted by Crippen LogP contribution is -2.24. The summed E-state index contributed by atoms with van der Waals surface area (Å²) >= 11 is 2.63. The van der Waals surface area contributed by atoms with Crippen molar-refractivity contribution in [2.75, 3.05) is 25.3 Å². The molecule has 3 aromatic rings. The Hall–Kier alpha value is -2.98. The molecular formula is C23H22FN3O4S2. The van der Waals surface area contributed by atoms with Gasteiger partial charge in [-0.05, 0) is 36.4 Å². The monoisotopic (exact) mass is 487 g/mol. The first-order chi connectivity index (χ1) is 15.9. The van der Waals surface area contributed by atoms with Crippen molar-refractivity contribution in [1.82, 2.24) is 9.55 Å². The molecule has 1 atom stereocenters. The summed E-state index contributed by atoms with van der Waals surface area (Å²) in [5.41, 5.74) is 1.49. The van der Waals surface area contributed by atoms with Crippen LogP contribution in [0, 0.1) is 5.82 Å². The van der Waals surface area contributed by atoms with Gasteiger partial charge in [0.25, 0.3) is 5.56 Å². The first kappa shape index (κ1) is 23.2. The van der Waals surface area contributed by atoms with Gasteiger partial charge in [0.2, 0.25) is 5.91 Å². The van der Waals surface area contributed by atoms with E-state index in [4.69, 9.17) is 14.5 Å². The Kier molecular flexibility index (Phi) is 6.94. The summed E-state index contributed by atoms with van der Waals surface area (Å²) in [6, 6.07) is 10.7. The maximum atomic E-state index is 13.5. The van der Waals surface area contributed by atoms with Gasteiger partial charge in [-0.25, -0.2) is 9.37 Å². The number of benzene rings is 2. The number of methoxy groups -OCH3 is 2. The molecule has 0 radical (unpaired) electrons. The van der Waals surface area contributed by atoms with Gasteiger partial charge in [0.15, 0.2) is 5.16 Å². The van der Waals surface area contributed by atoms with E-state index in [1.54, 1.807) is 18.2 Å². The molecule has 0 saturated carbocycles. The zero-order valence-corrected chi connectivity index (χ0v) is 19.9. The zero-order valence-electron chi connectivity index (χ0n) is 18.3. The van der Waals surface area contributed by atoms with Crippen LogP contribution in [0.4, 0.5) is 10.1 Å². The Labute approximate surface area is 198 Å². The summed E-state index contributed by atoms with van der Waals surface area (Å²) < 4.78 is 25.4. The van der Waals surface area contributed by atoms with E-state index in [0.717, 1.165) is 17.5 Å². The quantitative estimate of drug-likeness (QED) is 0.396. The molecule has 172 valence electrons. The smallest absolute Gasteiger partial charge is 0.272 e. The standard InChI is InChI=1S/C23H22FN3O4S2/c1-13-10-18-21(33-13)22(29)27(15-6-4-14(24)5-7-15)23(26-18)32-12-20(28)25-17-11-16(30-2)8-9-19(17)31-3/h4-9,11,13H,10,12H2,1-3H3,(H,25,28). The number of hydrogen-bond donors (Lipinski definition) is 1. The number of halogens is 1. The molecule has 0 saturated heterocycles. The lowest BCUT2D eigenvalue weighted by Gasteiger charge is -2.14. The van der Waals surface area contributed by atoms with Gasteiger partial charge in [-0.3, -0.25) is 14.2 Å². The molecule has 0 bridgehead atoms. The molecule has 10 heteroatoms. The van der Waals surface area contributed by atoms with E-state index in [0.29, 0.717) is 39.3 Å². The van der Waals surface area contributed by atoms with Crippen LogP contribution in [0.1, 0.15) is 12.6 Å². The third-order valence-corrected chi connectivity index (χ3v) is 7.13. The molecule has 33 heavy (non-hydrogen) atoms. The highest BCUT2D eigenvalue weighted by Crippen LogP contribution is 2.35. The Morgan fingerprint density at radius 1 is 1.24 bits per heavy atom. The van der Waals surface area contributed by atoms with Crippen molar-refractivity contribution >= 4 is 35.1 Å². The average molecular weight is 488 g/mol. The van der Waals surface area contributed by atoms with Crippen LogP contribution in [0.25, 0.3) is 5.69 Å². The fourth-order valence-corrected chi connectivity index (χ4v) is 5.37. The lowest BCUT2D eigenvalue weighted by atomic mass is 10.2. The number of ether oxygens (including phenoxy) is 2. The summed E-state index contributed by atoms with van der Waals surface area (Å²) in [6.45, 7) is 2.04. The molecule has 1 aliphatic heterocycles. The highest BCUT2D eigenvalue weighted by molar-refractivity contribution is 8.00. The van der Waals surface area contributed by atoms with Crippen molar-refractivity contribution in [1.29, 1.82) is 0 Å². The van der Waals surface area contributed by atoms with E-state index >= 15 is 0 Å². The third-order valence-electron chi connectivity index (χ3n) is 4.98. The SMILES string of the molecule is COc1ccc(OC)c(NC(=O)CSc2nc3c(c(=O)n2-c2ccc(F)cc2)SC(C)C3)c1. The van der Waals surface area contributed by atoms with E-state index in [2.05, 4.69) is 5.32 Å². The predicted octanol–water partition coefficient (Wildman–Crippen LogP) is 4.16. The molecule has 1 amide bonds. The molecule has 1 unspecified atom stereocenters. The van der Waals surface area contributed by atoms with E-state index in [-0.39, 0.29) is 22.5 Å². The Bertz CT molecular complexity index is 1250. The van der Waals surface area contributed by atoms with Crippen LogP contribution in [0.3, 0.4) is 0 Å². The number of nitrogens with one attached hydrogen (secondary N) is 1. The molecule has 4 rings (SSSR count). The number of aromatic nitrogens is 2. The van der Waals surface area contributed by atoms with Crippen LogP contribution in [-0.2, 0) is 11.2 Å². The molecule has 0 aliphatic carbocycles. The maximum absolute atomic E-state index is 13.5. The normalized spacial score (nSPS) is 14.6. The molecule has 1 N–H and O–H groups in total. The largest absolute Gasteiger partial charge is 0.497 e. The molecule has 0 spiro atoms. The molecule has 1 aliphatic rings. The number of fused-ring (bicyclic) bond motifs is 1. The number of anilines is 1. The lowest BCUT2D eigenvalue weighted by molar-refractivity contribution is -0.113. The highest BCUT2D eigenvalue weighted by atomic mass is 32.2. The van der Waals surface area contributed by atoms with Crippen molar-refractivity contribution < 1.29 is 18.7 Å². The Morgan fingerprint density at radius 2 is 2.00 bits per heavy atom. The summed E-state index contributed by atoms with van der Waals surface area (Å²) in [5.74, 6) is 0.393. The second-order valence-corrected chi connectivity index (χ2v) is 9.71. The maximum Gasteiger partial charge on any atom is 0.272 e. The fraction of sp³-hybridized carbons (Fsp3) is 0.261. The van der Waals surface area contributed by atoms with Crippen LogP contribution in [-0.4, -0.2) is 40.7 Å². The fourth-order valence-electron chi connectivity index (χ4n) is 3.44. The molecule has 7 nitrogen and oxygen atoms in total. The van der Waals surface area contributed by atoms with E-state index in [1.807, 2.05) is 6.92 Å². The Balaban J connectivity index is 1.61. The van der Waals surface area contributed by atoms with Crippen LogP contribution in [0.15, 0.2) is 57.3 Å². The van der Waals surface area contributed by atoms with Gasteiger partial charge in [0, 0.05) is 17.7 Å². The van der Waals surface area contributed by atoms with Gasteiger partial charge in [-0.2, -0.15) is 0 Å². The van der Waals surface area contributed by atoms with Crippen LogP contribution in [0.2, 0.25) is 0 Å². The molecule has 1 aromatic heterocycles. The van der Waals surface area contributed by atoms with Gasteiger partial charge in [0.1, 0.15) is 17.3 Å². The van der Waals surface area contributed by atoms with Crippen molar-refractivity contribution in [3.8, 4) is 17.2 Å². The summed E-state index contributed by atoms with van der Waals surface area (Å²) in [5, 5.41) is 3.44. The van der Waals surface area contributed by atoms with Crippen molar-refractivity contribution in [2.24, 2.45) is 0 Å². The molecule has 2 aromatic carbocycles. The minimum atomic E-state index is -0.398. The number of hydrogen-bond acceptors (Lipinski definition) is 7. The van der Waals surface area contributed by atoms with Crippen LogP contribution in [0.5, 0.6) is 11.5 Å². The third kappa shape index (κ3) is 5.01. The van der Waals surface area contributed by atoms with Gasteiger partial charge in [-0.15, -0.1) is 11.8 Å². The van der Waals surface area contributed by atoms with E-state index in [9.17, 15) is 14.0 Å². The van der Waals surface area contributed by atoms with Gasteiger partial charge >= 0.3 is 0 Å². The van der Waals surface area contributed by atoms with Gasteiger partial charge in [0.05, 0.1) is 41.9 Å². The van der Waals surface area contributed by atoms with Crippen molar-refractivity contribution in [2.45, 2.75) is 28.6 Å². The molecular weight excluding hydrogens is 465 g/mol. The predicted molar refractivity (Wildman–Crippen MR) is 128 cm³/mol. The molecule has 0 fully saturated rings. The Morgan fingerprint density at radius 3 is 2.70 bits per heavy atom. The molecule has 2 heterocycles. The summed E-state index contributed by atoms with van der Waals surface area (Å²) in [4.78, 5) is 31.3. The number of amides is 1. The van der Waals surface area contributed by atoms with Crippen molar-refractivity contribution in [3.05, 3.63) is 64.3 Å². The van der Waals surface area contributed by atoms with E-state index in [1.165, 1.54) is 54.8 Å². The number of rotatable bonds is 7. The number of thioether (sulfide) groups is 2. The summed E-state index contributed by atoms with van der Waals surface area (Å²) in [7, 11) is 3.05. The van der Waals surface area contributed by atoms with Crippen LogP contribution >= 0.6 is 23.5 Å².